The molecule has 0 radical (unpaired) electrons. The van der Waals surface area contributed by atoms with Crippen LogP contribution in [0.2, 0.25) is 5.02 Å². The molecule has 0 aliphatic heterocycles. The average Bonchev–Trinajstić information content (AvgIpc) is 2.40. The van der Waals surface area contributed by atoms with E-state index < -0.39 is 11.8 Å². The highest BCUT2D eigenvalue weighted by Gasteiger charge is 2.11. The molecular formula is C15H21ClFNO2. The molecule has 1 aromatic carbocycles. The Labute approximate surface area is 124 Å². The maximum Gasteiger partial charge on any atom is 0.306 e. The Morgan fingerprint density at radius 1 is 1.40 bits per heavy atom. The minimum atomic E-state index is -0.748. The van der Waals surface area contributed by atoms with Gasteiger partial charge in [-0.05, 0) is 37.5 Å². The zero-order chi connectivity index (χ0) is 15.1. The van der Waals surface area contributed by atoms with Crippen molar-refractivity contribution in [2.45, 2.75) is 45.7 Å². The van der Waals surface area contributed by atoms with E-state index in [4.69, 9.17) is 16.7 Å². The van der Waals surface area contributed by atoms with Gasteiger partial charge in [-0.15, -0.1) is 0 Å². The molecule has 0 aliphatic carbocycles. The number of halogens is 2. The Morgan fingerprint density at radius 3 is 2.70 bits per heavy atom. The Kier molecular flexibility index (Phi) is 6.96. The molecule has 0 bridgehead atoms. The van der Waals surface area contributed by atoms with Gasteiger partial charge in [-0.3, -0.25) is 4.79 Å². The third kappa shape index (κ3) is 5.88. The smallest absolute Gasteiger partial charge is 0.306 e. The summed E-state index contributed by atoms with van der Waals surface area (Å²) in [5, 5.41) is 12.2. The summed E-state index contributed by atoms with van der Waals surface area (Å²) in [5.74, 6) is -1.45. The van der Waals surface area contributed by atoms with E-state index >= 15 is 0 Å². The second-order valence-corrected chi connectivity index (χ2v) is 5.61. The van der Waals surface area contributed by atoms with Crippen molar-refractivity contribution in [2.24, 2.45) is 5.92 Å². The topological polar surface area (TPSA) is 49.3 Å². The van der Waals surface area contributed by atoms with Crippen molar-refractivity contribution in [2.75, 3.05) is 0 Å². The minimum Gasteiger partial charge on any atom is -0.481 e. The molecule has 1 rings (SSSR count). The predicted octanol–water partition coefficient (Wildman–Crippen LogP) is 3.85. The molecular weight excluding hydrogens is 281 g/mol. The molecule has 0 saturated carbocycles. The zero-order valence-electron chi connectivity index (χ0n) is 11.8. The van der Waals surface area contributed by atoms with Gasteiger partial charge in [-0.1, -0.05) is 31.0 Å². The monoisotopic (exact) mass is 301 g/mol. The Hall–Kier alpha value is -1.13. The van der Waals surface area contributed by atoms with Gasteiger partial charge in [0.15, 0.2) is 0 Å². The molecule has 0 amide bonds. The van der Waals surface area contributed by atoms with Gasteiger partial charge in [0.05, 0.1) is 10.9 Å². The van der Waals surface area contributed by atoms with Crippen molar-refractivity contribution >= 4 is 17.6 Å². The lowest BCUT2D eigenvalue weighted by atomic mass is 10.0. The van der Waals surface area contributed by atoms with Crippen LogP contribution >= 0.6 is 11.6 Å². The van der Waals surface area contributed by atoms with Gasteiger partial charge in [0.25, 0.3) is 0 Å². The minimum absolute atomic E-state index is 0.129. The first-order chi connectivity index (χ1) is 9.40. The van der Waals surface area contributed by atoms with Crippen molar-refractivity contribution < 1.29 is 14.3 Å². The highest BCUT2D eigenvalue weighted by Crippen LogP contribution is 2.16. The van der Waals surface area contributed by atoms with E-state index in [1.165, 1.54) is 6.07 Å². The van der Waals surface area contributed by atoms with Crippen LogP contribution in [0.25, 0.3) is 0 Å². The van der Waals surface area contributed by atoms with E-state index in [-0.39, 0.29) is 17.0 Å². The van der Waals surface area contributed by atoms with Crippen LogP contribution in [0.15, 0.2) is 18.2 Å². The molecule has 2 N–H and O–H groups in total. The second kappa shape index (κ2) is 8.22. The number of benzene rings is 1. The molecule has 5 heteroatoms. The standard InChI is InChI=1S/C15H21ClFNO2/c1-10(15(19)20)4-3-5-11(2)18-9-12-6-7-13(16)14(17)8-12/h6-8,10-11,18H,3-5,9H2,1-2H3,(H,19,20). The summed E-state index contributed by atoms with van der Waals surface area (Å²) in [5.41, 5.74) is 0.845. The Balaban J connectivity index is 2.27. The summed E-state index contributed by atoms with van der Waals surface area (Å²) in [6, 6.07) is 5.02. The van der Waals surface area contributed by atoms with Crippen LogP contribution in [0.3, 0.4) is 0 Å². The van der Waals surface area contributed by atoms with Gasteiger partial charge in [0.2, 0.25) is 0 Å². The quantitative estimate of drug-likeness (QED) is 0.767. The molecule has 0 aliphatic rings. The fourth-order valence-corrected chi connectivity index (χ4v) is 2.01. The highest BCUT2D eigenvalue weighted by atomic mass is 35.5. The number of nitrogens with one attached hydrogen (secondary N) is 1. The summed E-state index contributed by atoms with van der Waals surface area (Å²) in [4.78, 5) is 10.7. The molecule has 3 nitrogen and oxygen atoms in total. The number of carboxylic acids is 1. The average molecular weight is 302 g/mol. The molecule has 0 heterocycles. The van der Waals surface area contributed by atoms with E-state index in [0.29, 0.717) is 13.0 Å². The van der Waals surface area contributed by atoms with Crippen molar-refractivity contribution in [1.82, 2.24) is 5.32 Å². The van der Waals surface area contributed by atoms with E-state index in [1.54, 1.807) is 19.1 Å². The van der Waals surface area contributed by atoms with Gasteiger partial charge in [0, 0.05) is 12.6 Å². The molecule has 2 unspecified atom stereocenters. The SMILES string of the molecule is CC(CCCC(C)C(=O)O)NCc1ccc(Cl)c(F)c1. The fourth-order valence-electron chi connectivity index (χ4n) is 1.90. The summed E-state index contributed by atoms with van der Waals surface area (Å²) >= 11 is 5.62. The van der Waals surface area contributed by atoms with E-state index in [0.717, 1.165) is 18.4 Å². The van der Waals surface area contributed by atoms with Crippen LogP contribution in [0.5, 0.6) is 0 Å². The van der Waals surface area contributed by atoms with Gasteiger partial charge in [0.1, 0.15) is 5.82 Å². The number of aliphatic carboxylic acids is 1. The molecule has 0 fully saturated rings. The second-order valence-electron chi connectivity index (χ2n) is 5.20. The molecule has 0 saturated heterocycles. The predicted molar refractivity (Wildman–Crippen MR) is 78.4 cm³/mol. The van der Waals surface area contributed by atoms with Crippen molar-refractivity contribution in [3.63, 3.8) is 0 Å². The number of hydrogen-bond acceptors (Lipinski definition) is 2. The number of hydrogen-bond donors (Lipinski definition) is 2. The molecule has 0 spiro atoms. The Morgan fingerprint density at radius 2 is 2.10 bits per heavy atom. The van der Waals surface area contributed by atoms with Crippen LogP contribution in [-0.2, 0) is 11.3 Å². The van der Waals surface area contributed by atoms with Gasteiger partial charge >= 0.3 is 5.97 Å². The maximum absolute atomic E-state index is 13.3. The highest BCUT2D eigenvalue weighted by molar-refractivity contribution is 6.30. The molecule has 112 valence electrons. The summed E-state index contributed by atoms with van der Waals surface area (Å²) < 4.78 is 13.3. The van der Waals surface area contributed by atoms with Crippen molar-refractivity contribution in [1.29, 1.82) is 0 Å². The molecule has 1 aromatic rings. The van der Waals surface area contributed by atoms with Crippen molar-refractivity contribution in [3.05, 3.63) is 34.6 Å². The first-order valence-electron chi connectivity index (χ1n) is 6.80. The largest absolute Gasteiger partial charge is 0.481 e. The number of rotatable bonds is 8. The van der Waals surface area contributed by atoms with E-state index in [9.17, 15) is 9.18 Å². The van der Waals surface area contributed by atoms with Crippen LogP contribution in [-0.4, -0.2) is 17.1 Å². The lowest BCUT2D eigenvalue weighted by Gasteiger charge is -2.14. The normalized spacial score (nSPS) is 14.0. The maximum atomic E-state index is 13.3. The van der Waals surface area contributed by atoms with Gasteiger partial charge in [-0.2, -0.15) is 0 Å². The molecule has 0 aromatic heterocycles. The van der Waals surface area contributed by atoms with Gasteiger partial charge < -0.3 is 10.4 Å². The van der Waals surface area contributed by atoms with Gasteiger partial charge in [-0.25, -0.2) is 4.39 Å². The first-order valence-corrected chi connectivity index (χ1v) is 7.18. The van der Waals surface area contributed by atoms with Crippen molar-refractivity contribution in [3.8, 4) is 0 Å². The van der Waals surface area contributed by atoms with Crippen LogP contribution in [0, 0.1) is 11.7 Å². The fraction of sp³-hybridized carbons (Fsp3) is 0.533. The first kappa shape index (κ1) is 16.9. The van der Waals surface area contributed by atoms with E-state index in [2.05, 4.69) is 5.32 Å². The molecule has 2 atom stereocenters. The van der Waals surface area contributed by atoms with E-state index in [1.807, 2.05) is 6.92 Å². The number of carboxylic acid groups (broad SMARTS) is 1. The van der Waals surface area contributed by atoms with Crippen LogP contribution in [0.1, 0.15) is 38.7 Å². The summed E-state index contributed by atoms with van der Waals surface area (Å²) in [7, 11) is 0. The van der Waals surface area contributed by atoms with Crippen LogP contribution < -0.4 is 5.32 Å². The third-order valence-electron chi connectivity index (χ3n) is 3.33. The third-order valence-corrected chi connectivity index (χ3v) is 3.64. The zero-order valence-corrected chi connectivity index (χ0v) is 12.6. The summed E-state index contributed by atoms with van der Waals surface area (Å²) in [6.07, 6.45) is 2.43. The molecule has 20 heavy (non-hydrogen) atoms. The Bertz CT molecular complexity index is 453. The lowest BCUT2D eigenvalue weighted by molar-refractivity contribution is -0.141. The number of carbonyl (C=O) groups is 1. The lowest BCUT2D eigenvalue weighted by Crippen LogP contribution is -2.25. The van der Waals surface area contributed by atoms with Crippen LogP contribution in [0.4, 0.5) is 4.39 Å². The summed E-state index contributed by atoms with van der Waals surface area (Å²) in [6.45, 7) is 4.33.